The number of nitrogens with zero attached hydrogens (tertiary/aromatic N) is 1. The summed E-state index contributed by atoms with van der Waals surface area (Å²) in [7, 11) is 0. The van der Waals surface area contributed by atoms with E-state index in [1.54, 1.807) is 12.1 Å². The largest absolute Gasteiger partial charge is 0.481 e. The maximum Gasteiger partial charge on any atom is 0.308 e. The Morgan fingerprint density at radius 2 is 1.96 bits per heavy atom. The van der Waals surface area contributed by atoms with Crippen molar-refractivity contribution in [3.05, 3.63) is 35.0 Å². The minimum absolute atomic E-state index is 0. The summed E-state index contributed by atoms with van der Waals surface area (Å²) in [6, 6.07) is 6.42. The summed E-state index contributed by atoms with van der Waals surface area (Å²) in [5.41, 5.74) is 1.38. The van der Waals surface area contributed by atoms with Gasteiger partial charge in [0.15, 0.2) is 5.13 Å². The van der Waals surface area contributed by atoms with E-state index in [0.29, 0.717) is 16.6 Å². The first-order valence-corrected chi connectivity index (χ1v) is 8.17. The van der Waals surface area contributed by atoms with Crippen LogP contribution < -0.4 is 5.32 Å². The number of thiazole rings is 1. The topological polar surface area (TPSA) is 62.2 Å². The molecule has 0 amide bonds. The highest BCUT2D eigenvalue weighted by Crippen LogP contribution is 2.33. The van der Waals surface area contributed by atoms with Crippen LogP contribution in [0.15, 0.2) is 24.3 Å². The molecular weight excluding hydrogens is 339 g/mol. The molecule has 1 aromatic heterocycles. The Labute approximate surface area is 144 Å². The lowest BCUT2D eigenvalue weighted by Gasteiger charge is -2.09. The van der Waals surface area contributed by atoms with Crippen molar-refractivity contribution >= 4 is 34.8 Å². The molecule has 0 spiro atoms. The van der Waals surface area contributed by atoms with Crippen LogP contribution in [0.1, 0.15) is 30.6 Å². The van der Waals surface area contributed by atoms with Gasteiger partial charge in [0.2, 0.25) is 0 Å². The Hall–Kier alpha value is -1.66. The number of hydrogen-bond donors (Lipinski definition) is 2. The van der Waals surface area contributed by atoms with Gasteiger partial charge in [0.25, 0.3) is 0 Å². The van der Waals surface area contributed by atoms with Crippen molar-refractivity contribution in [2.75, 3.05) is 5.32 Å². The first-order valence-electron chi connectivity index (χ1n) is 7.36. The predicted octanol–water partition coefficient (Wildman–Crippen LogP) is 4.35. The molecule has 1 aromatic carbocycles. The molecule has 0 atom stereocenters. The van der Waals surface area contributed by atoms with E-state index < -0.39 is 5.97 Å². The maximum absolute atomic E-state index is 13.1. The lowest BCUT2D eigenvalue weighted by Crippen LogP contribution is -2.13. The van der Waals surface area contributed by atoms with Crippen LogP contribution in [0.25, 0.3) is 11.3 Å². The smallest absolute Gasteiger partial charge is 0.308 e. The average Bonchev–Trinajstić information content (AvgIpc) is 3.10. The van der Waals surface area contributed by atoms with Gasteiger partial charge in [0.05, 0.1) is 12.1 Å². The van der Waals surface area contributed by atoms with Crippen LogP contribution in [0.4, 0.5) is 9.52 Å². The Balaban J connectivity index is 0.00000192. The van der Waals surface area contributed by atoms with Crippen molar-refractivity contribution in [3.63, 3.8) is 0 Å². The standard InChI is InChI=1S/C16H17FN2O2S.ClH/c17-11-7-5-10(6-8-11)15-13(9-14(20)21)22-16(19-15)18-12-3-1-2-4-12;/h5-8,12H,1-4,9H2,(H,18,19)(H,20,21);1H. The van der Waals surface area contributed by atoms with Gasteiger partial charge in [-0.25, -0.2) is 9.37 Å². The summed E-state index contributed by atoms with van der Waals surface area (Å²) in [5, 5.41) is 13.2. The molecule has 4 nitrogen and oxygen atoms in total. The second-order valence-corrected chi connectivity index (χ2v) is 6.58. The molecule has 1 aliphatic rings. The highest BCUT2D eigenvalue weighted by molar-refractivity contribution is 7.16. The molecule has 124 valence electrons. The highest BCUT2D eigenvalue weighted by Gasteiger charge is 2.20. The van der Waals surface area contributed by atoms with Crippen LogP contribution in [0.2, 0.25) is 0 Å². The molecule has 2 N–H and O–H groups in total. The minimum Gasteiger partial charge on any atom is -0.481 e. The van der Waals surface area contributed by atoms with Crippen LogP contribution in [-0.2, 0) is 11.2 Å². The number of benzene rings is 1. The minimum atomic E-state index is -0.889. The summed E-state index contributed by atoms with van der Waals surface area (Å²) in [6.45, 7) is 0. The van der Waals surface area contributed by atoms with Gasteiger partial charge in [-0.05, 0) is 37.1 Å². The number of carboxylic acids is 1. The van der Waals surface area contributed by atoms with E-state index in [1.807, 2.05) is 0 Å². The zero-order valence-corrected chi connectivity index (χ0v) is 14.1. The molecule has 7 heteroatoms. The lowest BCUT2D eigenvalue weighted by atomic mass is 10.1. The van der Waals surface area contributed by atoms with Crippen LogP contribution in [-0.4, -0.2) is 22.1 Å². The Bertz CT molecular complexity index is 669. The summed E-state index contributed by atoms with van der Waals surface area (Å²) in [4.78, 5) is 16.3. The fourth-order valence-electron chi connectivity index (χ4n) is 2.75. The molecule has 3 rings (SSSR count). The number of aliphatic carboxylic acids is 1. The van der Waals surface area contributed by atoms with Gasteiger partial charge >= 0.3 is 5.97 Å². The molecule has 1 saturated carbocycles. The third-order valence-electron chi connectivity index (χ3n) is 3.81. The molecule has 2 aromatic rings. The molecular formula is C16H18ClFN2O2S. The lowest BCUT2D eigenvalue weighted by molar-refractivity contribution is -0.136. The zero-order chi connectivity index (χ0) is 15.5. The van der Waals surface area contributed by atoms with E-state index in [0.717, 1.165) is 23.5 Å². The average molecular weight is 357 g/mol. The molecule has 0 radical (unpaired) electrons. The number of halogens is 2. The number of anilines is 1. The summed E-state index contributed by atoms with van der Waals surface area (Å²) >= 11 is 1.38. The quantitative estimate of drug-likeness (QED) is 0.835. The van der Waals surface area contributed by atoms with Crippen LogP contribution in [0, 0.1) is 5.82 Å². The third-order valence-corrected chi connectivity index (χ3v) is 4.80. The van der Waals surface area contributed by atoms with E-state index in [-0.39, 0.29) is 24.6 Å². The number of rotatable bonds is 5. The monoisotopic (exact) mass is 356 g/mol. The van der Waals surface area contributed by atoms with Gasteiger partial charge in [-0.3, -0.25) is 4.79 Å². The number of nitrogens with one attached hydrogen (secondary N) is 1. The Morgan fingerprint density at radius 1 is 1.30 bits per heavy atom. The van der Waals surface area contributed by atoms with Crippen LogP contribution in [0.5, 0.6) is 0 Å². The van der Waals surface area contributed by atoms with E-state index in [4.69, 9.17) is 5.11 Å². The first kappa shape index (κ1) is 17.7. The second kappa shape index (κ2) is 7.75. The number of carboxylic acid groups (broad SMARTS) is 1. The second-order valence-electron chi connectivity index (χ2n) is 5.49. The normalized spacial score (nSPS) is 14.5. The van der Waals surface area contributed by atoms with Gasteiger partial charge in [-0.1, -0.05) is 12.8 Å². The first-order chi connectivity index (χ1) is 10.6. The Morgan fingerprint density at radius 3 is 2.57 bits per heavy atom. The molecule has 0 unspecified atom stereocenters. The third kappa shape index (κ3) is 4.42. The van der Waals surface area contributed by atoms with E-state index in [2.05, 4.69) is 10.3 Å². The predicted molar refractivity (Wildman–Crippen MR) is 92.0 cm³/mol. The fraction of sp³-hybridized carbons (Fsp3) is 0.375. The molecule has 0 saturated heterocycles. The van der Waals surface area contributed by atoms with Gasteiger partial charge < -0.3 is 10.4 Å². The van der Waals surface area contributed by atoms with Crippen LogP contribution >= 0.6 is 23.7 Å². The Kier molecular flexibility index (Phi) is 5.96. The summed E-state index contributed by atoms with van der Waals surface area (Å²) in [5.74, 6) is -1.21. The zero-order valence-electron chi connectivity index (χ0n) is 12.4. The molecule has 1 fully saturated rings. The van der Waals surface area contributed by atoms with Crippen molar-refractivity contribution in [2.45, 2.75) is 38.1 Å². The highest BCUT2D eigenvalue weighted by atomic mass is 35.5. The number of aromatic nitrogens is 1. The molecule has 0 bridgehead atoms. The fourth-order valence-corrected chi connectivity index (χ4v) is 3.80. The SMILES string of the molecule is Cl.O=C(O)Cc1sc(NC2CCCC2)nc1-c1ccc(F)cc1. The number of hydrogen-bond acceptors (Lipinski definition) is 4. The van der Waals surface area contributed by atoms with Crippen molar-refractivity contribution in [1.82, 2.24) is 4.98 Å². The van der Waals surface area contributed by atoms with E-state index >= 15 is 0 Å². The maximum atomic E-state index is 13.1. The molecule has 1 aliphatic carbocycles. The number of carbonyl (C=O) groups is 1. The molecule has 23 heavy (non-hydrogen) atoms. The van der Waals surface area contributed by atoms with Crippen molar-refractivity contribution in [2.24, 2.45) is 0 Å². The van der Waals surface area contributed by atoms with Gasteiger partial charge in [-0.2, -0.15) is 0 Å². The molecule has 0 aliphatic heterocycles. The van der Waals surface area contributed by atoms with Crippen molar-refractivity contribution in [1.29, 1.82) is 0 Å². The van der Waals surface area contributed by atoms with Crippen molar-refractivity contribution in [3.8, 4) is 11.3 Å². The van der Waals surface area contributed by atoms with E-state index in [1.165, 1.54) is 36.3 Å². The van der Waals surface area contributed by atoms with Gasteiger partial charge in [0.1, 0.15) is 5.82 Å². The summed E-state index contributed by atoms with van der Waals surface area (Å²) < 4.78 is 13.1. The van der Waals surface area contributed by atoms with Gasteiger partial charge in [0, 0.05) is 16.5 Å². The van der Waals surface area contributed by atoms with E-state index in [9.17, 15) is 9.18 Å². The van der Waals surface area contributed by atoms with Crippen LogP contribution in [0.3, 0.4) is 0 Å². The summed E-state index contributed by atoms with van der Waals surface area (Å²) in [6.07, 6.45) is 4.61. The molecule has 1 heterocycles. The van der Waals surface area contributed by atoms with Crippen molar-refractivity contribution < 1.29 is 14.3 Å². The van der Waals surface area contributed by atoms with Gasteiger partial charge in [-0.15, -0.1) is 23.7 Å².